The van der Waals surface area contributed by atoms with E-state index in [-0.39, 0.29) is 5.91 Å². The molecule has 0 saturated heterocycles. The standard InChI is InChI=1S/C20H18N2OS/c1-15-7-5-6-10-18(15)24-14-20(23)22-19-12-11-17(13-21-19)16-8-3-2-4-9-16/h2-13H,14H2,1H3,(H,21,22,23). The fraction of sp³-hybridized carbons (Fsp3) is 0.100. The lowest BCUT2D eigenvalue weighted by atomic mass is 10.1. The van der Waals surface area contributed by atoms with Crippen molar-refractivity contribution < 1.29 is 4.79 Å². The largest absolute Gasteiger partial charge is 0.310 e. The van der Waals surface area contributed by atoms with Gasteiger partial charge in [-0.05, 0) is 36.2 Å². The van der Waals surface area contributed by atoms with Crippen molar-refractivity contribution in [2.24, 2.45) is 0 Å². The zero-order valence-corrected chi connectivity index (χ0v) is 14.2. The van der Waals surface area contributed by atoms with E-state index in [2.05, 4.69) is 10.3 Å². The summed E-state index contributed by atoms with van der Waals surface area (Å²) in [5.74, 6) is 0.890. The van der Waals surface area contributed by atoms with Crippen molar-refractivity contribution in [2.75, 3.05) is 11.1 Å². The number of nitrogens with zero attached hydrogens (tertiary/aromatic N) is 1. The lowest BCUT2D eigenvalue weighted by Gasteiger charge is -2.07. The number of hydrogen-bond acceptors (Lipinski definition) is 3. The van der Waals surface area contributed by atoms with Crippen LogP contribution in [0.1, 0.15) is 5.56 Å². The molecule has 0 fully saturated rings. The third-order valence-electron chi connectivity index (χ3n) is 3.59. The van der Waals surface area contributed by atoms with E-state index >= 15 is 0 Å². The highest BCUT2D eigenvalue weighted by Crippen LogP contribution is 2.22. The topological polar surface area (TPSA) is 42.0 Å². The average molecular weight is 334 g/mol. The molecule has 24 heavy (non-hydrogen) atoms. The van der Waals surface area contributed by atoms with Crippen molar-refractivity contribution in [3.63, 3.8) is 0 Å². The minimum atomic E-state index is -0.0526. The number of carbonyl (C=O) groups excluding carboxylic acids is 1. The Balaban J connectivity index is 1.58. The van der Waals surface area contributed by atoms with Crippen LogP contribution in [0.15, 0.2) is 77.8 Å². The number of aryl methyl sites for hydroxylation is 1. The molecule has 4 heteroatoms. The van der Waals surface area contributed by atoms with Gasteiger partial charge in [-0.1, -0.05) is 48.5 Å². The number of rotatable bonds is 5. The Kier molecular flexibility index (Phi) is 5.29. The molecule has 3 nitrogen and oxygen atoms in total. The van der Waals surface area contributed by atoms with Crippen LogP contribution in [-0.4, -0.2) is 16.6 Å². The molecule has 0 atom stereocenters. The summed E-state index contributed by atoms with van der Waals surface area (Å²) in [5.41, 5.74) is 3.32. The van der Waals surface area contributed by atoms with Gasteiger partial charge >= 0.3 is 0 Å². The molecule has 0 radical (unpaired) electrons. The molecule has 0 aliphatic heterocycles. The summed E-state index contributed by atoms with van der Waals surface area (Å²) in [7, 11) is 0. The van der Waals surface area contributed by atoms with Gasteiger partial charge in [-0.3, -0.25) is 4.79 Å². The molecular formula is C20H18N2OS. The van der Waals surface area contributed by atoms with E-state index in [1.54, 1.807) is 6.20 Å². The second-order valence-electron chi connectivity index (χ2n) is 5.40. The fourth-order valence-electron chi connectivity index (χ4n) is 2.31. The summed E-state index contributed by atoms with van der Waals surface area (Å²) in [6.07, 6.45) is 1.78. The molecule has 1 aromatic heterocycles. The maximum atomic E-state index is 12.1. The highest BCUT2D eigenvalue weighted by Gasteiger charge is 2.06. The lowest BCUT2D eigenvalue weighted by molar-refractivity contribution is -0.113. The maximum absolute atomic E-state index is 12.1. The summed E-state index contributed by atoms with van der Waals surface area (Å²) in [6, 6.07) is 21.9. The Bertz CT molecular complexity index is 817. The summed E-state index contributed by atoms with van der Waals surface area (Å²) >= 11 is 1.53. The van der Waals surface area contributed by atoms with Crippen LogP contribution in [0.3, 0.4) is 0 Å². The Morgan fingerprint density at radius 3 is 2.42 bits per heavy atom. The van der Waals surface area contributed by atoms with E-state index in [1.807, 2.05) is 73.7 Å². The molecule has 0 saturated carbocycles. The predicted molar refractivity (Wildman–Crippen MR) is 100 cm³/mol. The number of pyridine rings is 1. The number of anilines is 1. The van der Waals surface area contributed by atoms with Gasteiger partial charge in [0.1, 0.15) is 5.82 Å². The summed E-state index contributed by atoms with van der Waals surface area (Å²) in [5, 5.41) is 2.84. The number of hydrogen-bond donors (Lipinski definition) is 1. The van der Waals surface area contributed by atoms with Crippen LogP contribution < -0.4 is 5.32 Å². The quantitative estimate of drug-likeness (QED) is 0.682. The highest BCUT2D eigenvalue weighted by molar-refractivity contribution is 8.00. The zero-order chi connectivity index (χ0) is 16.8. The van der Waals surface area contributed by atoms with Crippen molar-refractivity contribution in [2.45, 2.75) is 11.8 Å². The first-order valence-electron chi connectivity index (χ1n) is 7.72. The second-order valence-corrected chi connectivity index (χ2v) is 6.42. The normalized spacial score (nSPS) is 10.4. The van der Waals surface area contributed by atoms with Gasteiger partial charge in [-0.25, -0.2) is 4.98 Å². The Hall–Kier alpha value is -2.59. The molecule has 1 heterocycles. The smallest absolute Gasteiger partial charge is 0.235 e. The molecule has 3 rings (SSSR count). The Morgan fingerprint density at radius 1 is 0.958 bits per heavy atom. The molecule has 0 bridgehead atoms. The summed E-state index contributed by atoms with van der Waals surface area (Å²) < 4.78 is 0. The van der Waals surface area contributed by atoms with Gasteiger partial charge in [0.2, 0.25) is 5.91 Å². The number of aromatic nitrogens is 1. The molecule has 0 spiro atoms. The van der Waals surface area contributed by atoms with Crippen molar-refractivity contribution in [3.05, 3.63) is 78.5 Å². The molecule has 3 aromatic rings. The summed E-state index contributed by atoms with van der Waals surface area (Å²) in [4.78, 5) is 17.5. The van der Waals surface area contributed by atoms with Crippen molar-refractivity contribution >= 4 is 23.5 Å². The van der Waals surface area contributed by atoms with E-state index in [4.69, 9.17) is 0 Å². The molecule has 2 aromatic carbocycles. The van der Waals surface area contributed by atoms with E-state index in [1.165, 1.54) is 17.3 Å². The Labute approximate surface area is 146 Å². The van der Waals surface area contributed by atoms with Crippen LogP contribution in [0, 0.1) is 6.92 Å². The SMILES string of the molecule is Cc1ccccc1SCC(=O)Nc1ccc(-c2ccccc2)cn1. The van der Waals surface area contributed by atoms with Gasteiger partial charge in [-0.15, -0.1) is 11.8 Å². The van der Waals surface area contributed by atoms with Crippen LogP contribution in [0.5, 0.6) is 0 Å². The molecular weight excluding hydrogens is 316 g/mol. The van der Waals surface area contributed by atoms with Crippen molar-refractivity contribution in [1.82, 2.24) is 4.98 Å². The molecule has 120 valence electrons. The first kappa shape index (κ1) is 16.3. The first-order chi connectivity index (χ1) is 11.7. The third-order valence-corrected chi connectivity index (χ3v) is 4.77. The van der Waals surface area contributed by atoms with E-state index in [0.717, 1.165) is 16.0 Å². The van der Waals surface area contributed by atoms with Gasteiger partial charge in [-0.2, -0.15) is 0 Å². The molecule has 0 aliphatic carbocycles. The van der Waals surface area contributed by atoms with Crippen molar-refractivity contribution in [3.8, 4) is 11.1 Å². The number of nitrogens with one attached hydrogen (secondary N) is 1. The Morgan fingerprint density at radius 2 is 1.71 bits per heavy atom. The van der Waals surface area contributed by atoms with Crippen LogP contribution >= 0.6 is 11.8 Å². The van der Waals surface area contributed by atoms with Crippen LogP contribution in [0.2, 0.25) is 0 Å². The van der Waals surface area contributed by atoms with E-state index in [0.29, 0.717) is 11.6 Å². The van der Waals surface area contributed by atoms with Gasteiger partial charge < -0.3 is 5.32 Å². The van der Waals surface area contributed by atoms with Crippen LogP contribution in [0.25, 0.3) is 11.1 Å². The molecule has 0 aliphatic rings. The van der Waals surface area contributed by atoms with E-state index < -0.39 is 0 Å². The van der Waals surface area contributed by atoms with E-state index in [9.17, 15) is 4.79 Å². The number of carbonyl (C=O) groups is 1. The van der Waals surface area contributed by atoms with Gasteiger partial charge in [0.25, 0.3) is 0 Å². The third kappa shape index (κ3) is 4.24. The summed E-state index contributed by atoms with van der Waals surface area (Å²) in [6.45, 7) is 2.05. The lowest BCUT2D eigenvalue weighted by Crippen LogP contribution is -2.14. The van der Waals surface area contributed by atoms with Crippen molar-refractivity contribution in [1.29, 1.82) is 0 Å². The predicted octanol–water partition coefficient (Wildman–Crippen LogP) is 4.79. The molecule has 1 amide bonds. The maximum Gasteiger partial charge on any atom is 0.235 e. The average Bonchev–Trinajstić information content (AvgIpc) is 2.62. The molecule has 1 N–H and O–H groups in total. The van der Waals surface area contributed by atoms with Gasteiger partial charge in [0.15, 0.2) is 0 Å². The fourth-order valence-corrected chi connectivity index (χ4v) is 3.14. The monoisotopic (exact) mass is 334 g/mol. The van der Waals surface area contributed by atoms with Gasteiger partial charge in [0, 0.05) is 16.7 Å². The minimum Gasteiger partial charge on any atom is -0.310 e. The number of thioether (sulfide) groups is 1. The highest BCUT2D eigenvalue weighted by atomic mass is 32.2. The second kappa shape index (κ2) is 7.79. The van der Waals surface area contributed by atoms with Crippen LogP contribution in [-0.2, 0) is 4.79 Å². The molecule has 0 unspecified atom stereocenters. The number of amides is 1. The first-order valence-corrected chi connectivity index (χ1v) is 8.71. The van der Waals surface area contributed by atoms with Gasteiger partial charge in [0.05, 0.1) is 5.75 Å². The number of benzene rings is 2. The zero-order valence-electron chi connectivity index (χ0n) is 13.4. The minimum absolute atomic E-state index is 0.0526. The van der Waals surface area contributed by atoms with Crippen LogP contribution in [0.4, 0.5) is 5.82 Å².